The number of fused-ring (bicyclic) bond motifs is 1. The van der Waals surface area contributed by atoms with Crippen molar-refractivity contribution in [2.24, 2.45) is 5.92 Å². The summed E-state index contributed by atoms with van der Waals surface area (Å²) >= 11 is 3.17. The Bertz CT molecular complexity index is 1030. The van der Waals surface area contributed by atoms with E-state index in [2.05, 4.69) is 21.2 Å². The molecule has 1 aliphatic heterocycles. The van der Waals surface area contributed by atoms with Gasteiger partial charge in [-0.2, -0.15) is 0 Å². The Morgan fingerprint density at radius 1 is 1.07 bits per heavy atom. The van der Waals surface area contributed by atoms with Gasteiger partial charge in [-0.1, -0.05) is 29.8 Å². The molecule has 0 aliphatic carbocycles. The average molecular weight is 458 g/mol. The minimum atomic E-state index is -1.43. The number of carbonyl (C=O) groups excluding carboxylic acids is 4. The van der Waals surface area contributed by atoms with Gasteiger partial charge in [0.1, 0.15) is 0 Å². The van der Waals surface area contributed by atoms with Gasteiger partial charge in [0.15, 0.2) is 0 Å². The molecule has 2 aromatic rings. The largest absolute Gasteiger partial charge is 0.545 e. The summed E-state index contributed by atoms with van der Waals surface area (Å²) in [5.41, 5.74) is 0.458. The number of carbonyl (C=O) groups is 4. The number of rotatable bonds is 6. The van der Waals surface area contributed by atoms with Crippen LogP contribution < -0.4 is 10.4 Å². The first kappa shape index (κ1) is 20.7. The fourth-order valence-electron chi connectivity index (χ4n) is 3.01. The molecule has 7 nitrogen and oxygen atoms in total. The molecule has 0 spiro atoms. The Labute approximate surface area is 175 Å². The van der Waals surface area contributed by atoms with E-state index < -0.39 is 17.8 Å². The standard InChI is InChI=1S/C21H19BrN2O5/c1-11(2)7-8-24-19(26)14-5-3-12(9-15(14)20(24)27)18(25)23-17-6-4-13(22)10-16(17)21(28)29/h3-6,9-11H,7-8H2,1-2H3,(H,23,25)(H,28,29)/p-1. The Hall–Kier alpha value is -3.00. The predicted octanol–water partition coefficient (Wildman–Crippen LogP) is 2.71. The molecule has 0 aromatic heterocycles. The maximum Gasteiger partial charge on any atom is 0.261 e. The first-order valence-electron chi connectivity index (χ1n) is 9.01. The van der Waals surface area contributed by atoms with Crippen LogP contribution in [-0.4, -0.2) is 35.1 Å². The molecule has 29 heavy (non-hydrogen) atoms. The number of halogens is 1. The number of imide groups is 1. The lowest BCUT2D eigenvalue weighted by atomic mass is 10.0. The average Bonchev–Trinajstić information content (AvgIpc) is 2.91. The van der Waals surface area contributed by atoms with E-state index in [0.717, 1.165) is 0 Å². The lowest BCUT2D eigenvalue weighted by molar-refractivity contribution is -0.254. The second-order valence-corrected chi connectivity index (χ2v) is 8.05. The van der Waals surface area contributed by atoms with Crippen molar-refractivity contribution in [2.75, 3.05) is 11.9 Å². The van der Waals surface area contributed by atoms with Gasteiger partial charge >= 0.3 is 0 Å². The molecule has 3 rings (SSSR count). The van der Waals surface area contributed by atoms with E-state index >= 15 is 0 Å². The second kappa shape index (κ2) is 8.16. The van der Waals surface area contributed by atoms with Crippen LogP contribution in [0, 0.1) is 5.92 Å². The molecule has 0 unspecified atom stereocenters. The summed E-state index contributed by atoms with van der Waals surface area (Å²) in [6.07, 6.45) is 0.689. The molecular weight excluding hydrogens is 440 g/mol. The number of hydrogen-bond donors (Lipinski definition) is 1. The molecule has 0 radical (unpaired) electrons. The molecule has 0 saturated heterocycles. The van der Waals surface area contributed by atoms with Crippen molar-refractivity contribution in [3.63, 3.8) is 0 Å². The molecule has 1 N–H and O–H groups in total. The van der Waals surface area contributed by atoms with Crippen LogP contribution in [0.15, 0.2) is 40.9 Å². The molecule has 0 bridgehead atoms. The molecule has 1 heterocycles. The monoisotopic (exact) mass is 457 g/mol. The number of amides is 3. The third-order valence-electron chi connectivity index (χ3n) is 4.61. The zero-order valence-electron chi connectivity index (χ0n) is 15.8. The van der Waals surface area contributed by atoms with Crippen molar-refractivity contribution >= 4 is 45.3 Å². The highest BCUT2D eigenvalue weighted by Crippen LogP contribution is 2.26. The van der Waals surface area contributed by atoms with Gasteiger partial charge in [0.25, 0.3) is 17.7 Å². The van der Waals surface area contributed by atoms with Crippen LogP contribution in [0.2, 0.25) is 0 Å². The predicted molar refractivity (Wildman–Crippen MR) is 108 cm³/mol. The van der Waals surface area contributed by atoms with Gasteiger partial charge < -0.3 is 15.2 Å². The maximum atomic E-state index is 12.6. The van der Waals surface area contributed by atoms with E-state index in [0.29, 0.717) is 23.4 Å². The van der Waals surface area contributed by atoms with Gasteiger partial charge in [0.2, 0.25) is 0 Å². The number of benzene rings is 2. The quantitative estimate of drug-likeness (QED) is 0.670. The zero-order valence-corrected chi connectivity index (χ0v) is 17.4. The molecule has 0 atom stereocenters. The van der Waals surface area contributed by atoms with Crippen LogP contribution in [0.25, 0.3) is 0 Å². The molecule has 0 fully saturated rings. The van der Waals surface area contributed by atoms with Crippen molar-refractivity contribution in [3.05, 3.63) is 63.1 Å². The fraction of sp³-hybridized carbons (Fsp3) is 0.238. The van der Waals surface area contributed by atoms with Crippen LogP contribution in [0.3, 0.4) is 0 Å². The van der Waals surface area contributed by atoms with Crippen molar-refractivity contribution in [3.8, 4) is 0 Å². The lowest BCUT2D eigenvalue weighted by Crippen LogP contribution is -2.31. The third kappa shape index (κ3) is 4.22. The molecule has 150 valence electrons. The van der Waals surface area contributed by atoms with Crippen molar-refractivity contribution < 1.29 is 24.3 Å². The van der Waals surface area contributed by atoms with Gasteiger partial charge in [-0.25, -0.2) is 0 Å². The summed E-state index contributed by atoms with van der Waals surface area (Å²) in [4.78, 5) is 50.2. The Kier molecular flexibility index (Phi) is 5.83. The van der Waals surface area contributed by atoms with Gasteiger partial charge in [0, 0.05) is 22.1 Å². The van der Waals surface area contributed by atoms with E-state index in [1.54, 1.807) is 6.07 Å². The van der Waals surface area contributed by atoms with Crippen molar-refractivity contribution in [1.82, 2.24) is 4.90 Å². The lowest BCUT2D eigenvalue weighted by Gasteiger charge is -2.14. The first-order valence-corrected chi connectivity index (χ1v) is 9.81. The van der Waals surface area contributed by atoms with E-state index in [4.69, 9.17) is 0 Å². The summed E-state index contributed by atoms with van der Waals surface area (Å²) in [5.74, 6) is -2.50. The molecule has 1 aliphatic rings. The highest BCUT2D eigenvalue weighted by molar-refractivity contribution is 9.10. The number of carboxylic acids is 1. The second-order valence-electron chi connectivity index (χ2n) is 7.14. The van der Waals surface area contributed by atoms with Crippen LogP contribution in [-0.2, 0) is 0 Å². The van der Waals surface area contributed by atoms with Gasteiger partial charge in [0.05, 0.1) is 22.8 Å². The van der Waals surface area contributed by atoms with Gasteiger partial charge in [-0.05, 0) is 48.7 Å². The summed E-state index contributed by atoms with van der Waals surface area (Å²) in [5, 5.41) is 13.8. The number of carboxylic acid groups (broad SMARTS) is 1. The van der Waals surface area contributed by atoms with Crippen LogP contribution in [0.5, 0.6) is 0 Å². The minimum Gasteiger partial charge on any atom is -0.545 e. The van der Waals surface area contributed by atoms with E-state index in [-0.39, 0.29) is 33.8 Å². The van der Waals surface area contributed by atoms with Gasteiger partial charge in [-0.15, -0.1) is 0 Å². The number of aromatic carboxylic acids is 1. The van der Waals surface area contributed by atoms with Crippen molar-refractivity contribution in [1.29, 1.82) is 0 Å². The highest BCUT2D eigenvalue weighted by atomic mass is 79.9. The zero-order chi connectivity index (χ0) is 21.3. The Morgan fingerprint density at radius 3 is 2.41 bits per heavy atom. The van der Waals surface area contributed by atoms with Crippen LogP contribution in [0.1, 0.15) is 61.7 Å². The van der Waals surface area contributed by atoms with Crippen LogP contribution in [0.4, 0.5) is 5.69 Å². The minimum absolute atomic E-state index is 0.0691. The molecule has 0 saturated carbocycles. The summed E-state index contributed by atoms with van der Waals surface area (Å²) in [6, 6.07) is 8.58. The molecular formula is C21H18BrN2O5-. The molecule has 2 aromatic carbocycles. The summed E-state index contributed by atoms with van der Waals surface area (Å²) in [6.45, 7) is 4.33. The Morgan fingerprint density at radius 2 is 1.76 bits per heavy atom. The Balaban J connectivity index is 1.85. The number of hydrogen-bond acceptors (Lipinski definition) is 5. The van der Waals surface area contributed by atoms with E-state index in [1.807, 2.05) is 13.8 Å². The summed E-state index contributed by atoms with van der Waals surface area (Å²) < 4.78 is 0.526. The molecule has 8 heteroatoms. The topological polar surface area (TPSA) is 107 Å². The van der Waals surface area contributed by atoms with Crippen molar-refractivity contribution in [2.45, 2.75) is 20.3 Å². The number of nitrogens with one attached hydrogen (secondary N) is 1. The smallest absolute Gasteiger partial charge is 0.261 e. The summed E-state index contributed by atoms with van der Waals surface area (Å²) in [7, 11) is 0. The first-order chi connectivity index (χ1) is 13.7. The SMILES string of the molecule is CC(C)CCN1C(=O)c2ccc(C(=O)Nc3ccc(Br)cc3C(=O)[O-])cc2C1=O. The maximum absolute atomic E-state index is 12.6. The van der Waals surface area contributed by atoms with E-state index in [1.165, 1.54) is 35.2 Å². The van der Waals surface area contributed by atoms with Crippen LogP contribution >= 0.6 is 15.9 Å². The molecule has 3 amide bonds. The van der Waals surface area contributed by atoms with Gasteiger partial charge in [-0.3, -0.25) is 19.3 Å². The van der Waals surface area contributed by atoms with E-state index in [9.17, 15) is 24.3 Å². The fourth-order valence-corrected chi connectivity index (χ4v) is 3.37. The number of nitrogens with zero attached hydrogens (tertiary/aromatic N) is 1. The normalized spacial score (nSPS) is 13.0. The third-order valence-corrected chi connectivity index (χ3v) is 5.11. The number of anilines is 1. The highest BCUT2D eigenvalue weighted by Gasteiger charge is 2.35.